The number of ether oxygens (including phenoxy) is 1. The van der Waals surface area contributed by atoms with Crippen LogP contribution in [0.3, 0.4) is 0 Å². The summed E-state index contributed by atoms with van der Waals surface area (Å²) in [5.74, 6) is 1.20. The van der Waals surface area contributed by atoms with E-state index in [0.717, 1.165) is 49.0 Å². The molecule has 0 bridgehead atoms. The topological polar surface area (TPSA) is 67.3 Å². The van der Waals surface area contributed by atoms with Crippen LogP contribution in [0, 0.1) is 5.92 Å². The van der Waals surface area contributed by atoms with Crippen molar-refractivity contribution in [3.63, 3.8) is 0 Å². The maximum atomic E-state index is 11.2. The molecule has 0 saturated carbocycles. The van der Waals surface area contributed by atoms with Crippen LogP contribution in [-0.2, 0) is 16.1 Å². The highest BCUT2D eigenvalue weighted by molar-refractivity contribution is 7.99. The molecule has 7 heteroatoms. The molecule has 2 aliphatic heterocycles. The zero-order valence-electron chi connectivity index (χ0n) is 15.9. The van der Waals surface area contributed by atoms with Crippen LogP contribution in [0.2, 0.25) is 0 Å². The highest BCUT2D eigenvalue weighted by Crippen LogP contribution is 2.42. The monoisotopic (exact) mass is 396 g/mol. The number of anilines is 2. The molecule has 0 radical (unpaired) electrons. The van der Waals surface area contributed by atoms with Crippen molar-refractivity contribution in [3.05, 3.63) is 48.3 Å². The molecule has 1 fully saturated rings. The van der Waals surface area contributed by atoms with Gasteiger partial charge in [-0.3, -0.25) is 9.69 Å². The molecule has 0 atom stereocenters. The number of benzene rings is 1. The third-order valence-corrected chi connectivity index (χ3v) is 6.20. The van der Waals surface area contributed by atoms with E-state index in [1.54, 1.807) is 24.2 Å². The SMILES string of the molecule is COC(=O)C/C=C/C1CCN(Cc2ccc3c(c2)Nc2nccnc2S3)CC1. The molecular weight excluding hydrogens is 372 g/mol. The van der Waals surface area contributed by atoms with E-state index in [2.05, 4.69) is 49.2 Å². The van der Waals surface area contributed by atoms with Crippen LogP contribution in [-0.4, -0.2) is 41.0 Å². The standard InChI is InChI=1S/C21H24N4O2S/c1-27-19(26)4-2-3-15-7-11-25(12-8-15)14-16-5-6-18-17(13-16)24-20-21(28-18)23-10-9-22-20/h2-3,5-6,9-10,13,15H,4,7-8,11-12,14H2,1H3,(H,22,24)/b3-2+. The van der Waals surface area contributed by atoms with Crippen molar-refractivity contribution in [3.8, 4) is 0 Å². The first-order valence-electron chi connectivity index (χ1n) is 9.56. The molecule has 1 N–H and O–H groups in total. The fraction of sp³-hybridized carbons (Fsp3) is 0.381. The molecule has 1 aromatic heterocycles. The first kappa shape index (κ1) is 19.0. The van der Waals surface area contributed by atoms with E-state index in [0.29, 0.717) is 12.3 Å². The lowest BCUT2D eigenvalue weighted by atomic mass is 9.95. The summed E-state index contributed by atoms with van der Waals surface area (Å²) >= 11 is 1.66. The van der Waals surface area contributed by atoms with Crippen LogP contribution in [0.15, 0.2) is 52.7 Å². The van der Waals surface area contributed by atoms with Crippen molar-refractivity contribution < 1.29 is 9.53 Å². The third kappa shape index (κ3) is 4.54. The van der Waals surface area contributed by atoms with E-state index >= 15 is 0 Å². The summed E-state index contributed by atoms with van der Waals surface area (Å²) in [6.07, 6.45) is 10.2. The number of carbonyl (C=O) groups is 1. The Balaban J connectivity index is 1.31. The number of esters is 1. The van der Waals surface area contributed by atoms with E-state index in [1.807, 2.05) is 6.08 Å². The van der Waals surface area contributed by atoms with Crippen LogP contribution in [0.1, 0.15) is 24.8 Å². The molecule has 0 unspecified atom stereocenters. The normalized spacial score (nSPS) is 17.0. The minimum absolute atomic E-state index is 0.179. The second-order valence-electron chi connectivity index (χ2n) is 7.09. The minimum Gasteiger partial charge on any atom is -0.469 e. The molecule has 2 aliphatic rings. The van der Waals surface area contributed by atoms with Gasteiger partial charge in [0.25, 0.3) is 0 Å². The molecule has 1 saturated heterocycles. The number of carbonyl (C=O) groups excluding carboxylic acids is 1. The van der Waals surface area contributed by atoms with Crippen LogP contribution in [0.4, 0.5) is 11.5 Å². The van der Waals surface area contributed by atoms with Gasteiger partial charge in [0.2, 0.25) is 0 Å². The van der Waals surface area contributed by atoms with Crippen molar-refractivity contribution in [2.45, 2.75) is 35.7 Å². The van der Waals surface area contributed by atoms with Gasteiger partial charge in [0, 0.05) is 23.8 Å². The van der Waals surface area contributed by atoms with Gasteiger partial charge in [0.15, 0.2) is 5.82 Å². The predicted octanol–water partition coefficient (Wildman–Crippen LogP) is 4.02. The maximum Gasteiger partial charge on any atom is 0.309 e. The summed E-state index contributed by atoms with van der Waals surface area (Å²) in [6.45, 7) is 3.09. The average molecular weight is 397 g/mol. The van der Waals surface area contributed by atoms with Gasteiger partial charge in [0.1, 0.15) is 5.03 Å². The second-order valence-corrected chi connectivity index (χ2v) is 8.12. The summed E-state index contributed by atoms with van der Waals surface area (Å²) in [4.78, 5) is 23.6. The van der Waals surface area contributed by atoms with Gasteiger partial charge in [-0.15, -0.1) is 0 Å². The first-order chi connectivity index (χ1) is 13.7. The van der Waals surface area contributed by atoms with Gasteiger partial charge < -0.3 is 10.1 Å². The first-order valence-corrected chi connectivity index (χ1v) is 10.4. The minimum atomic E-state index is -0.179. The van der Waals surface area contributed by atoms with Crippen molar-refractivity contribution in [2.24, 2.45) is 5.92 Å². The lowest BCUT2D eigenvalue weighted by molar-refractivity contribution is -0.139. The maximum absolute atomic E-state index is 11.2. The molecule has 146 valence electrons. The third-order valence-electron chi connectivity index (χ3n) is 5.13. The van der Waals surface area contributed by atoms with Gasteiger partial charge in [-0.25, -0.2) is 9.97 Å². The number of fused-ring (bicyclic) bond motifs is 2. The van der Waals surface area contributed by atoms with Crippen molar-refractivity contribution in [1.82, 2.24) is 14.9 Å². The largest absolute Gasteiger partial charge is 0.469 e. The fourth-order valence-electron chi connectivity index (χ4n) is 3.58. The summed E-state index contributed by atoms with van der Waals surface area (Å²) < 4.78 is 4.67. The zero-order chi connectivity index (χ0) is 19.3. The average Bonchev–Trinajstić information content (AvgIpc) is 2.73. The van der Waals surface area contributed by atoms with Gasteiger partial charge in [-0.2, -0.15) is 0 Å². The summed E-state index contributed by atoms with van der Waals surface area (Å²) in [5.41, 5.74) is 2.41. The number of hydrogen-bond acceptors (Lipinski definition) is 7. The van der Waals surface area contributed by atoms with Gasteiger partial charge in [0.05, 0.1) is 19.2 Å². The molecule has 0 amide bonds. The Morgan fingerprint density at radius 2 is 2.14 bits per heavy atom. The molecule has 4 rings (SSSR count). The highest BCUT2D eigenvalue weighted by Gasteiger charge is 2.20. The molecule has 0 spiro atoms. The Labute approximate surface area is 169 Å². The lowest BCUT2D eigenvalue weighted by Crippen LogP contribution is -2.32. The lowest BCUT2D eigenvalue weighted by Gasteiger charge is -2.31. The number of methoxy groups -OCH3 is 1. The second kappa shape index (κ2) is 8.75. The molecule has 3 heterocycles. The van der Waals surface area contributed by atoms with Crippen LogP contribution in [0.25, 0.3) is 0 Å². The van der Waals surface area contributed by atoms with Crippen LogP contribution in [0.5, 0.6) is 0 Å². The molecule has 6 nitrogen and oxygen atoms in total. The smallest absolute Gasteiger partial charge is 0.309 e. The number of hydrogen-bond donors (Lipinski definition) is 1. The molecule has 2 aromatic rings. The highest BCUT2D eigenvalue weighted by atomic mass is 32.2. The summed E-state index contributed by atoms with van der Waals surface area (Å²) in [5, 5.41) is 4.32. The van der Waals surface area contributed by atoms with E-state index in [4.69, 9.17) is 0 Å². The number of nitrogens with zero attached hydrogens (tertiary/aromatic N) is 3. The number of likely N-dealkylation sites (tertiary alicyclic amines) is 1. The summed E-state index contributed by atoms with van der Waals surface area (Å²) in [7, 11) is 1.43. The molecular formula is C21H24N4O2S. The predicted molar refractivity (Wildman–Crippen MR) is 110 cm³/mol. The number of nitrogens with one attached hydrogen (secondary N) is 1. The van der Waals surface area contributed by atoms with Gasteiger partial charge in [-0.05, 0) is 49.5 Å². The van der Waals surface area contributed by atoms with Gasteiger partial charge >= 0.3 is 5.97 Å². The Morgan fingerprint density at radius 3 is 2.96 bits per heavy atom. The molecule has 0 aliphatic carbocycles. The van der Waals surface area contributed by atoms with Crippen molar-refractivity contribution in [1.29, 1.82) is 0 Å². The Morgan fingerprint density at radius 1 is 1.32 bits per heavy atom. The number of allylic oxidation sites excluding steroid dienone is 1. The van der Waals surface area contributed by atoms with Crippen molar-refractivity contribution in [2.75, 3.05) is 25.5 Å². The Hall–Kier alpha value is -2.38. The Kier molecular flexibility index (Phi) is 5.92. The van der Waals surface area contributed by atoms with E-state index in [-0.39, 0.29) is 5.97 Å². The van der Waals surface area contributed by atoms with E-state index < -0.39 is 0 Å². The summed E-state index contributed by atoms with van der Waals surface area (Å²) in [6, 6.07) is 6.60. The molecule has 28 heavy (non-hydrogen) atoms. The van der Waals surface area contributed by atoms with Crippen LogP contribution < -0.4 is 5.32 Å². The van der Waals surface area contributed by atoms with E-state index in [9.17, 15) is 4.79 Å². The fourth-order valence-corrected chi connectivity index (χ4v) is 4.46. The number of rotatable bonds is 5. The molecule has 1 aromatic carbocycles. The quantitative estimate of drug-likeness (QED) is 0.516. The number of piperidine rings is 1. The number of aromatic nitrogens is 2. The van der Waals surface area contributed by atoms with E-state index in [1.165, 1.54) is 17.6 Å². The Bertz CT molecular complexity index is 878. The van der Waals surface area contributed by atoms with Crippen molar-refractivity contribution >= 4 is 29.2 Å². The van der Waals surface area contributed by atoms with Gasteiger partial charge in [-0.1, -0.05) is 30.0 Å². The van der Waals surface area contributed by atoms with Crippen LogP contribution >= 0.6 is 11.8 Å². The zero-order valence-corrected chi connectivity index (χ0v) is 16.7.